The molecule has 15 heavy (non-hydrogen) atoms. The van der Waals surface area contributed by atoms with E-state index < -0.39 is 5.97 Å². The lowest BCUT2D eigenvalue weighted by atomic mass is 10.0. The third-order valence-electron chi connectivity index (χ3n) is 2.38. The van der Waals surface area contributed by atoms with Crippen molar-refractivity contribution >= 4 is 22.8 Å². The van der Waals surface area contributed by atoms with Gasteiger partial charge in [-0.3, -0.25) is 0 Å². The Hall–Kier alpha value is -2.09. The normalized spacial score (nSPS) is 10.1. The first-order valence-electron chi connectivity index (χ1n) is 4.61. The summed E-state index contributed by atoms with van der Waals surface area (Å²) in [5, 5.41) is 10.8. The molecule has 0 aromatic heterocycles. The van der Waals surface area contributed by atoms with Crippen molar-refractivity contribution in [1.29, 1.82) is 0 Å². The number of hydrogen-bond donors (Lipinski definition) is 1. The Morgan fingerprint density at radius 3 is 2.73 bits per heavy atom. The molecule has 2 aromatic rings. The molecular formula is C13H10O2. The van der Waals surface area contributed by atoms with Crippen LogP contribution in [0.25, 0.3) is 16.8 Å². The Bertz CT molecular complexity index is 541. The molecule has 0 atom stereocenters. The number of benzene rings is 2. The van der Waals surface area contributed by atoms with Gasteiger partial charge in [-0.15, -0.1) is 0 Å². The van der Waals surface area contributed by atoms with Gasteiger partial charge in [0.25, 0.3) is 0 Å². The van der Waals surface area contributed by atoms with Gasteiger partial charge in [0.2, 0.25) is 0 Å². The third kappa shape index (κ3) is 1.62. The van der Waals surface area contributed by atoms with E-state index in [2.05, 4.69) is 6.58 Å². The van der Waals surface area contributed by atoms with Gasteiger partial charge in [-0.1, -0.05) is 36.9 Å². The molecule has 0 aliphatic heterocycles. The zero-order valence-corrected chi connectivity index (χ0v) is 8.10. The molecule has 0 bridgehead atoms. The monoisotopic (exact) mass is 198 g/mol. The summed E-state index contributed by atoms with van der Waals surface area (Å²) in [7, 11) is 0. The van der Waals surface area contributed by atoms with Crippen molar-refractivity contribution in [2.24, 2.45) is 0 Å². The lowest BCUT2D eigenvalue weighted by molar-refractivity contribution is 0.0697. The van der Waals surface area contributed by atoms with E-state index in [4.69, 9.17) is 5.11 Å². The Balaban J connectivity index is 2.74. The number of carboxylic acid groups (broad SMARTS) is 1. The zero-order chi connectivity index (χ0) is 10.8. The molecule has 0 unspecified atom stereocenters. The summed E-state index contributed by atoms with van der Waals surface area (Å²) in [4.78, 5) is 10.8. The molecule has 0 aliphatic carbocycles. The third-order valence-corrected chi connectivity index (χ3v) is 2.38. The maximum absolute atomic E-state index is 10.8. The Morgan fingerprint density at radius 1 is 1.27 bits per heavy atom. The minimum absolute atomic E-state index is 0.309. The summed E-state index contributed by atoms with van der Waals surface area (Å²) < 4.78 is 0. The topological polar surface area (TPSA) is 37.3 Å². The second-order valence-electron chi connectivity index (χ2n) is 3.29. The van der Waals surface area contributed by atoms with E-state index in [0.29, 0.717) is 5.56 Å². The van der Waals surface area contributed by atoms with Crippen LogP contribution in [0.1, 0.15) is 15.9 Å². The van der Waals surface area contributed by atoms with Crippen LogP contribution >= 0.6 is 0 Å². The molecule has 0 saturated carbocycles. The van der Waals surface area contributed by atoms with Crippen molar-refractivity contribution in [3.63, 3.8) is 0 Å². The summed E-state index contributed by atoms with van der Waals surface area (Å²) in [5.74, 6) is -0.902. The number of rotatable bonds is 2. The number of carboxylic acids is 1. The summed E-state index contributed by atoms with van der Waals surface area (Å²) >= 11 is 0. The predicted molar refractivity (Wildman–Crippen MR) is 61.0 cm³/mol. The molecule has 2 aromatic carbocycles. The van der Waals surface area contributed by atoms with Crippen LogP contribution in [0.5, 0.6) is 0 Å². The first-order chi connectivity index (χ1) is 7.22. The molecule has 0 heterocycles. The zero-order valence-electron chi connectivity index (χ0n) is 8.10. The van der Waals surface area contributed by atoms with Gasteiger partial charge in [0.15, 0.2) is 0 Å². The second kappa shape index (κ2) is 3.58. The van der Waals surface area contributed by atoms with E-state index in [0.717, 1.165) is 16.3 Å². The molecule has 1 N–H and O–H groups in total. The van der Waals surface area contributed by atoms with Crippen LogP contribution in [-0.2, 0) is 0 Å². The van der Waals surface area contributed by atoms with Crippen molar-refractivity contribution in [2.45, 2.75) is 0 Å². The molecule has 2 rings (SSSR count). The van der Waals surface area contributed by atoms with Gasteiger partial charge in [0.1, 0.15) is 0 Å². The van der Waals surface area contributed by atoms with Gasteiger partial charge in [0, 0.05) is 0 Å². The van der Waals surface area contributed by atoms with Crippen molar-refractivity contribution in [3.05, 3.63) is 54.1 Å². The summed E-state index contributed by atoms with van der Waals surface area (Å²) in [5.41, 5.74) is 1.33. The summed E-state index contributed by atoms with van der Waals surface area (Å²) in [6.07, 6.45) is 1.77. The fraction of sp³-hybridized carbons (Fsp3) is 0. The summed E-state index contributed by atoms with van der Waals surface area (Å²) in [6, 6.07) is 10.8. The van der Waals surface area contributed by atoms with Crippen LogP contribution in [0.4, 0.5) is 0 Å². The maximum atomic E-state index is 10.8. The Morgan fingerprint density at radius 2 is 2.07 bits per heavy atom. The first kappa shape index (κ1) is 9.46. The number of carbonyl (C=O) groups is 1. The van der Waals surface area contributed by atoms with Gasteiger partial charge >= 0.3 is 5.97 Å². The van der Waals surface area contributed by atoms with Crippen molar-refractivity contribution in [2.75, 3.05) is 0 Å². The Labute approximate surface area is 87.5 Å². The molecule has 0 fully saturated rings. The largest absolute Gasteiger partial charge is 0.478 e. The molecule has 0 saturated heterocycles. The van der Waals surface area contributed by atoms with Crippen molar-refractivity contribution in [3.8, 4) is 0 Å². The van der Waals surface area contributed by atoms with Crippen molar-refractivity contribution < 1.29 is 9.90 Å². The highest BCUT2D eigenvalue weighted by Gasteiger charge is 2.04. The molecule has 0 amide bonds. The molecule has 0 radical (unpaired) electrons. The highest BCUT2D eigenvalue weighted by Crippen LogP contribution is 2.21. The van der Waals surface area contributed by atoms with E-state index in [-0.39, 0.29) is 0 Å². The van der Waals surface area contributed by atoms with Crippen LogP contribution in [0.2, 0.25) is 0 Å². The highest BCUT2D eigenvalue weighted by atomic mass is 16.4. The van der Waals surface area contributed by atoms with Crippen LogP contribution in [0, 0.1) is 0 Å². The van der Waals surface area contributed by atoms with Crippen molar-refractivity contribution in [1.82, 2.24) is 0 Å². The second-order valence-corrected chi connectivity index (χ2v) is 3.29. The fourth-order valence-electron chi connectivity index (χ4n) is 1.62. The van der Waals surface area contributed by atoms with E-state index >= 15 is 0 Å². The molecule has 2 nitrogen and oxygen atoms in total. The van der Waals surface area contributed by atoms with E-state index in [9.17, 15) is 4.79 Å². The average molecular weight is 198 g/mol. The minimum Gasteiger partial charge on any atom is -0.478 e. The van der Waals surface area contributed by atoms with Gasteiger partial charge in [-0.05, 0) is 28.5 Å². The smallest absolute Gasteiger partial charge is 0.335 e. The number of fused-ring (bicyclic) bond motifs is 1. The lowest BCUT2D eigenvalue weighted by Crippen LogP contribution is -1.95. The molecule has 0 spiro atoms. The average Bonchev–Trinajstić information content (AvgIpc) is 2.27. The SMILES string of the molecule is C=Cc1cccc2cc(C(=O)O)ccc12. The number of hydrogen-bond acceptors (Lipinski definition) is 1. The number of aromatic carboxylic acids is 1. The van der Waals surface area contributed by atoms with Gasteiger partial charge in [-0.25, -0.2) is 4.79 Å². The first-order valence-corrected chi connectivity index (χ1v) is 4.61. The van der Waals surface area contributed by atoms with Crippen LogP contribution in [0.3, 0.4) is 0 Å². The lowest BCUT2D eigenvalue weighted by Gasteiger charge is -2.03. The Kier molecular flexibility index (Phi) is 2.26. The van der Waals surface area contributed by atoms with E-state index in [1.165, 1.54) is 0 Å². The van der Waals surface area contributed by atoms with Crippen LogP contribution in [-0.4, -0.2) is 11.1 Å². The fourth-order valence-corrected chi connectivity index (χ4v) is 1.62. The molecule has 2 heteroatoms. The summed E-state index contributed by atoms with van der Waals surface area (Å²) in [6.45, 7) is 3.72. The molecular weight excluding hydrogens is 188 g/mol. The molecule has 74 valence electrons. The van der Waals surface area contributed by atoms with Gasteiger partial charge < -0.3 is 5.11 Å². The van der Waals surface area contributed by atoms with E-state index in [1.807, 2.05) is 24.3 Å². The molecule has 0 aliphatic rings. The standard InChI is InChI=1S/C13H10O2/c1-2-9-4-3-5-10-8-11(13(14)15)6-7-12(9)10/h2-8H,1H2,(H,14,15). The van der Waals surface area contributed by atoms with Crippen LogP contribution in [0.15, 0.2) is 43.0 Å². The quantitative estimate of drug-likeness (QED) is 0.804. The highest BCUT2D eigenvalue weighted by molar-refractivity contribution is 5.97. The van der Waals surface area contributed by atoms with Gasteiger partial charge in [0.05, 0.1) is 5.56 Å². The van der Waals surface area contributed by atoms with Gasteiger partial charge in [-0.2, -0.15) is 0 Å². The minimum atomic E-state index is -0.902. The maximum Gasteiger partial charge on any atom is 0.335 e. The van der Waals surface area contributed by atoms with Crippen LogP contribution < -0.4 is 0 Å². The van der Waals surface area contributed by atoms with E-state index in [1.54, 1.807) is 18.2 Å². The predicted octanol–water partition coefficient (Wildman–Crippen LogP) is 3.18.